The normalized spacial score (nSPS) is 20.1. The molecule has 3 rings (SSSR count). The third kappa shape index (κ3) is 2.89. The van der Waals surface area contributed by atoms with E-state index in [9.17, 15) is 18.3 Å². The fourth-order valence-corrected chi connectivity index (χ4v) is 3.57. The average molecular weight is 378 g/mol. The van der Waals surface area contributed by atoms with Gasteiger partial charge in [0.2, 0.25) is 0 Å². The number of aliphatic hydroxyl groups is 1. The molecule has 1 aliphatic heterocycles. The molecule has 1 saturated heterocycles. The van der Waals surface area contributed by atoms with Crippen molar-refractivity contribution in [3.05, 3.63) is 34.0 Å². The number of likely N-dealkylation sites (tertiary alicyclic amines) is 1. The number of benzene rings is 1. The molecule has 0 aliphatic carbocycles. The summed E-state index contributed by atoms with van der Waals surface area (Å²) in [5, 5.41) is 10.0. The van der Waals surface area contributed by atoms with Crippen molar-refractivity contribution >= 4 is 26.9 Å². The molecule has 0 bridgehead atoms. The zero-order chi connectivity index (χ0) is 15.9. The minimum absolute atomic E-state index is 0.140. The van der Waals surface area contributed by atoms with Crippen LogP contribution in [0.4, 0.5) is 13.2 Å². The molecule has 2 aromatic rings. The van der Waals surface area contributed by atoms with Crippen LogP contribution in [0.15, 0.2) is 27.3 Å². The summed E-state index contributed by atoms with van der Waals surface area (Å²) in [5.41, 5.74) is 1.87. The number of aliphatic hydroxyl groups excluding tert-OH is 1. The van der Waals surface area contributed by atoms with Crippen LogP contribution in [0.1, 0.15) is 24.0 Å². The molecular formula is C15H15BrF3NO2. The number of alkyl halides is 3. The number of hydrogen-bond acceptors (Lipinski definition) is 3. The summed E-state index contributed by atoms with van der Waals surface area (Å²) >= 11 is 3.37. The van der Waals surface area contributed by atoms with E-state index in [1.54, 1.807) is 12.1 Å². The highest BCUT2D eigenvalue weighted by Crippen LogP contribution is 2.36. The van der Waals surface area contributed by atoms with Gasteiger partial charge in [-0.15, -0.1) is 0 Å². The van der Waals surface area contributed by atoms with Gasteiger partial charge in [0.25, 0.3) is 0 Å². The Bertz CT molecular complexity index is 683. The molecule has 1 aromatic carbocycles. The van der Waals surface area contributed by atoms with Gasteiger partial charge in [0.05, 0.1) is 12.9 Å². The van der Waals surface area contributed by atoms with Crippen LogP contribution in [0.2, 0.25) is 0 Å². The summed E-state index contributed by atoms with van der Waals surface area (Å²) in [6.45, 7) is 0.433. The number of fused-ring (bicyclic) bond motifs is 1. The van der Waals surface area contributed by atoms with E-state index < -0.39 is 12.2 Å². The first-order chi connectivity index (χ1) is 10.4. The Kier molecular flexibility index (Phi) is 4.22. The first-order valence-electron chi connectivity index (χ1n) is 7.00. The maximum Gasteiger partial charge on any atom is 0.404 e. The van der Waals surface area contributed by atoms with Crippen LogP contribution in [0.25, 0.3) is 11.0 Å². The zero-order valence-electron chi connectivity index (χ0n) is 11.7. The summed E-state index contributed by atoms with van der Waals surface area (Å²) in [4.78, 5) is 1.45. The molecule has 1 N–H and O–H groups in total. The van der Waals surface area contributed by atoms with Crippen LogP contribution in [0.5, 0.6) is 0 Å². The van der Waals surface area contributed by atoms with E-state index >= 15 is 0 Å². The zero-order valence-corrected chi connectivity index (χ0v) is 13.2. The van der Waals surface area contributed by atoms with E-state index in [0.29, 0.717) is 29.7 Å². The topological polar surface area (TPSA) is 36.6 Å². The van der Waals surface area contributed by atoms with Gasteiger partial charge in [-0.1, -0.05) is 15.9 Å². The molecule has 1 unspecified atom stereocenters. The Morgan fingerprint density at radius 1 is 1.32 bits per heavy atom. The van der Waals surface area contributed by atoms with Gasteiger partial charge in [0.15, 0.2) is 0 Å². The molecule has 0 amide bonds. The first-order valence-corrected chi connectivity index (χ1v) is 7.79. The van der Waals surface area contributed by atoms with E-state index in [-0.39, 0.29) is 19.6 Å². The Morgan fingerprint density at radius 2 is 2.09 bits per heavy atom. The minimum Gasteiger partial charge on any atom is -0.464 e. The monoisotopic (exact) mass is 377 g/mol. The van der Waals surface area contributed by atoms with Crippen LogP contribution in [0.3, 0.4) is 0 Å². The van der Waals surface area contributed by atoms with Crippen molar-refractivity contribution < 1.29 is 22.7 Å². The van der Waals surface area contributed by atoms with Gasteiger partial charge in [0, 0.05) is 27.5 Å². The molecule has 2 heterocycles. The molecule has 1 atom stereocenters. The predicted molar refractivity (Wildman–Crippen MR) is 79.3 cm³/mol. The Morgan fingerprint density at radius 3 is 2.77 bits per heavy atom. The van der Waals surface area contributed by atoms with E-state index in [0.717, 1.165) is 9.86 Å². The Labute approximate surface area is 133 Å². The number of furan rings is 1. The van der Waals surface area contributed by atoms with Crippen molar-refractivity contribution in [3.8, 4) is 0 Å². The van der Waals surface area contributed by atoms with Crippen molar-refractivity contribution in [1.82, 2.24) is 4.90 Å². The van der Waals surface area contributed by atoms with Gasteiger partial charge < -0.3 is 9.52 Å². The van der Waals surface area contributed by atoms with Gasteiger partial charge in [-0.25, -0.2) is 0 Å². The van der Waals surface area contributed by atoms with Gasteiger partial charge >= 0.3 is 6.18 Å². The summed E-state index contributed by atoms with van der Waals surface area (Å²) in [6.07, 6.45) is -2.07. The van der Waals surface area contributed by atoms with Crippen molar-refractivity contribution in [2.75, 3.05) is 6.54 Å². The maximum atomic E-state index is 13.1. The highest BCUT2D eigenvalue weighted by molar-refractivity contribution is 9.10. The van der Waals surface area contributed by atoms with Gasteiger partial charge in [-0.3, -0.25) is 4.90 Å². The van der Waals surface area contributed by atoms with Crippen LogP contribution in [-0.4, -0.2) is 28.8 Å². The third-order valence-corrected chi connectivity index (χ3v) is 4.54. The lowest BCUT2D eigenvalue weighted by Gasteiger charge is -2.26. The average Bonchev–Trinajstić information content (AvgIpc) is 3.04. The van der Waals surface area contributed by atoms with Crippen LogP contribution in [-0.2, 0) is 13.2 Å². The molecule has 7 heteroatoms. The molecule has 0 radical (unpaired) electrons. The van der Waals surface area contributed by atoms with Crippen LogP contribution < -0.4 is 0 Å². The minimum atomic E-state index is -4.21. The SMILES string of the molecule is OCc1coc2c(CN3CCCC3C(F)(F)F)cc(Br)cc12. The lowest BCUT2D eigenvalue weighted by Crippen LogP contribution is -2.40. The van der Waals surface area contributed by atoms with Crippen molar-refractivity contribution in [1.29, 1.82) is 0 Å². The van der Waals surface area contributed by atoms with Crippen LogP contribution >= 0.6 is 15.9 Å². The second kappa shape index (κ2) is 5.86. The molecule has 1 aromatic heterocycles. The second-order valence-electron chi connectivity index (χ2n) is 5.53. The smallest absolute Gasteiger partial charge is 0.404 e. The predicted octanol–water partition coefficient (Wildman–Crippen LogP) is 4.21. The fourth-order valence-electron chi connectivity index (χ4n) is 3.07. The van der Waals surface area contributed by atoms with Gasteiger partial charge in [-0.05, 0) is 31.5 Å². The summed E-state index contributed by atoms with van der Waals surface area (Å²) in [5.74, 6) is 0. The molecule has 120 valence electrons. The molecule has 1 aliphatic rings. The lowest BCUT2D eigenvalue weighted by molar-refractivity contribution is -0.177. The standard InChI is InChI=1S/C15H15BrF3NO2/c16-11-4-9(14-12(5-11)10(7-21)8-22-14)6-20-3-1-2-13(20)15(17,18)19/h4-5,8,13,21H,1-3,6-7H2. The number of hydrogen-bond donors (Lipinski definition) is 1. The summed E-state index contributed by atoms with van der Waals surface area (Å²) < 4.78 is 45.4. The third-order valence-electron chi connectivity index (χ3n) is 4.08. The second-order valence-corrected chi connectivity index (χ2v) is 6.45. The van der Waals surface area contributed by atoms with E-state index in [1.165, 1.54) is 11.2 Å². The number of rotatable bonds is 3. The Hall–Kier alpha value is -1.05. The quantitative estimate of drug-likeness (QED) is 0.869. The van der Waals surface area contributed by atoms with Gasteiger partial charge in [-0.2, -0.15) is 13.2 Å². The molecule has 3 nitrogen and oxygen atoms in total. The molecule has 0 saturated carbocycles. The van der Waals surface area contributed by atoms with Crippen molar-refractivity contribution in [2.45, 2.75) is 38.2 Å². The molecule has 0 spiro atoms. The molecule has 22 heavy (non-hydrogen) atoms. The van der Waals surface area contributed by atoms with Crippen LogP contribution in [0, 0.1) is 0 Å². The molecular weight excluding hydrogens is 363 g/mol. The first kappa shape index (κ1) is 15.8. The van der Waals surface area contributed by atoms with E-state index in [2.05, 4.69) is 15.9 Å². The van der Waals surface area contributed by atoms with Crippen molar-refractivity contribution in [3.63, 3.8) is 0 Å². The number of halogens is 4. The van der Waals surface area contributed by atoms with E-state index in [4.69, 9.17) is 4.42 Å². The van der Waals surface area contributed by atoms with Crippen molar-refractivity contribution in [2.24, 2.45) is 0 Å². The highest BCUT2D eigenvalue weighted by Gasteiger charge is 2.45. The lowest BCUT2D eigenvalue weighted by atomic mass is 10.1. The maximum absolute atomic E-state index is 13.1. The fraction of sp³-hybridized carbons (Fsp3) is 0.467. The molecule has 1 fully saturated rings. The Balaban J connectivity index is 1.95. The number of nitrogens with zero attached hydrogens (tertiary/aromatic N) is 1. The van der Waals surface area contributed by atoms with Gasteiger partial charge in [0.1, 0.15) is 11.6 Å². The van der Waals surface area contributed by atoms with E-state index in [1.807, 2.05) is 0 Å². The largest absolute Gasteiger partial charge is 0.464 e. The summed E-state index contributed by atoms with van der Waals surface area (Å²) in [7, 11) is 0. The highest BCUT2D eigenvalue weighted by atomic mass is 79.9. The summed E-state index contributed by atoms with van der Waals surface area (Å²) in [6, 6.07) is 2.19.